The molecule has 1 aliphatic rings. The lowest BCUT2D eigenvalue weighted by molar-refractivity contribution is 0.322. The van der Waals surface area contributed by atoms with Gasteiger partial charge in [-0.25, -0.2) is 13.8 Å². The van der Waals surface area contributed by atoms with Crippen LogP contribution in [0.2, 0.25) is 0 Å². The van der Waals surface area contributed by atoms with E-state index in [1.54, 1.807) is 0 Å². The Kier molecular flexibility index (Phi) is 3.42. The van der Waals surface area contributed by atoms with Gasteiger partial charge < -0.3 is 16.0 Å². The van der Waals surface area contributed by atoms with Crippen molar-refractivity contribution in [3.05, 3.63) is 17.7 Å². The highest BCUT2D eigenvalue weighted by molar-refractivity contribution is 5.44. The Morgan fingerprint density at radius 2 is 2.29 bits per heavy atom. The minimum absolute atomic E-state index is 0.0178. The molecule has 2 heterocycles. The van der Waals surface area contributed by atoms with Gasteiger partial charge in [0.05, 0.1) is 0 Å². The van der Waals surface area contributed by atoms with E-state index in [2.05, 4.69) is 15.2 Å². The standard InChI is InChI=1S/C11H16F2N4/c1-17-4-2-3-7(17)6-15-11-9(13)5-8(12)10(14)16-11/h5,7H,2-4,6H2,1H3,(H3,14,15,16). The summed E-state index contributed by atoms with van der Waals surface area (Å²) in [6.45, 7) is 1.64. The van der Waals surface area contributed by atoms with E-state index in [1.165, 1.54) is 0 Å². The third-order valence-electron chi connectivity index (χ3n) is 3.13. The number of aromatic nitrogens is 1. The molecule has 0 aromatic carbocycles. The van der Waals surface area contributed by atoms with E-state index < -0.39 is 11.6 Å². The second-order valence-corrected chi connectivity index (χ2v) is 4.34. The number of nitrogens with zero attached hydrogens (tertiary/aromatic N) is 2. The van der Waals surface area contributed by atoms with Crippen LogP contribution in [0.15, 0.2) is 6.07 Å². The zero-order valence-corrected chi connectivity index (χ0v) is 9.71. The van der Waals surface area contributed by atoms with Crippen molar-refractivity contribution in [2.45, 2.75) is 18.9 Å². The molecule has 6 heteroatoms. The predicted octanol–water partition coefficient (Wildman–Crippen LogP) is 1.45. The van der Waals surface area contributed by atoms with Crippen LogP contribution in [0.1, 0.15) is 12.8 Å². The number of hydrogen-bond donors (Lipinski definition) is 2. The van der Waals surface area contributed by atoms with Gasteiger partial charge in [0.25, 0.3) is 0 Å². The highest BCUT2D eigenvalue weighted by atomic mass is 19.1. The summed E-state index contributed by atoms with van der Waals surface area (Å²) in [6, 6.07) is 1.12. The van der Waals surface area contributed by atoms with Crippen LogP contribution in [0.3, 0.4) is 0 Å². The van der Waals surface area contributed by atoms with Gasteiger partial charge in [0.1, 0.15) is 0 Å². The molecule has 2 rings (SSSR count). The Morgan fingerprint density at radius 1 is 1.53 bits per heavy atom. The molecule has 0 radical (unpaired) electrons. The molecule has 1 atom stereocenters. The molecule has 0 saturated carbocycles. The Morgan fingerprint density at radius 3 is 2.94 bits per heavy atom. The largest absolute Gasteiger partial charge is 0.381 e. The molecular formula is C11H16F2N4. The molecule has 94 valence electrons. The fourth-order valence-corrected chi connectivity index (χ4v) is 2.06. The van der Waals surface area contributed by atoms with Crippen LogP contribution < -0.4 is 11.1 Å². The second kappa shape index (κ2) is 4.83. The van der Waals surface area contributed by atoms with Gasteiger partial charge in [0.2, 0.25) is 0 Å². The van der Waals surface area contributed by atoms with Crippen molar-refractivity contribution in [2.24, 2.45) is 0 Å². The average Bonchev–Trinajstić information content (AvgIpc) is 2.68. The van der Waals surface area contributed by atoms with Crippen LogP contribution in [0, 0.1) is 11.6 Å². The first kappa shape index (κ1) is 12.0. The van der Waals surface area contributed by atoms with Crippen molar-refractivity contribution >= 4 is 11.6 Å². The maximum absolute atomic E-state index is 13.4. The second-order valence-electron chi connectivity index (χ2n) is 4.34. The smallest absolute Gasteiger partial charge is 0.168 e. The third-order valence-corrected chi connectivity index (χ3v) is 3.13. The van der Waals surface area contributed by atoms with E-state index in [0.717, 1.165) is 25.5 Å². The maximum atomic E-state index is 13.4. The van der Waals surface area contributed by atoms with Crippen molar-refractivity contribution in [1.82, 2.24) is 9.88 Å². The Bertz CT molecular complexity index is 411. The number of rotatable bonds is 3. The number of hydrogen-bond acceptors (Lipinski definition) is 4. The number of likely N-dealkylation sites (N-methyl/N-ethyl adjacent to an activating group) is 1. The zero-order chi connectivity index (χ0) is 12.4. The molecular weight excluding hydrogens is 226 g/mol. The molecule has 1 unspecified atom stereocenters. The van der Waals surface area contributed by atoms with Crippen LogP contribution in [0.4, 0.5) is 20.4 Å². The van der Waals surface area contributed by atoms with Gasteiger partial charge >= 0.3 is 0 Å². The fourth-order valence-electron chi connectivity index (χ4n) is 2.06. The summed E-state index contributed by atoms with van der Waals surface area (Å²) in [5.74, 6) is -1.80. The molecule has 1 aromatic rings. The molecule has 1 aromatic heterocycles. The van der Waals surface area contributed by atoms with Crippen LogP contribution in [0.5, 0.6) is 0 Å². The molecule has 3 N–H and O–H groups in total. The molecule has 1 saturated heterocycles. The Balaban J connectivity index is 2.01. The van der Waals surface area contributed by atoms with Crippen molar-refractivity contribution in [3.8, 4) is 0 Å². The number of likely N-dealkylation sites (tertiary alicyclic amines) is 1. The Hall–Kier alpha value is -1.43. The molecule has 0 bridgehead atoms. The van der Waals surface area contributed by atoms with E-state index in [-0.39, 0.29) is 11.6 Å². The normalized spacial score (nSPS) is 20.8. The van der Waals surface area contributed by atoms with Gasteiger partial charge in [-0.1, -0.05) is 0 Å². The molecule has 1 aliphatic heterocycles. The summed E-state index contributed by atoms with van der Waals surface area (Å²) in [7, 11) is 2.03. The highest BCUT2D eigenvalue weighted by Gasteiger charge is 2.21. The van der Waals surface area contributed by atoms with E-state index in [1.807, 2.05) is 7.05 Å². The molecule has 0 amide bonds. The monoisotopic (exact) mass is 242 g/mol. The lowest BCUT2D eigenvalue weighted by Gasteiger charge is -2.20. The van der Waals surface area contributed by atoms with Crippen LogP contribution in [-0.4, -0.2) is 36.1 Å². The van der Waals surface area contributed by atoms with E-state index >= 15 is 0 Å². The summed E-state index contributed by atoms with van der Waals surface area (Å²) in [5, 5.41) is 2.88. The van der Waals surface area contributed by atoms with Crippen LogP contribution >= 0.6 is 0 Å². The van der Waals surface area contributed by atoms with E-state index in [4.69, 9.17) is 5.73 Å². The predicted molar refractivity (Wildman–Crippen MR) is 62.7 cm³/mol. The van der Waals surface area contributed by atoms with Crippen molar-refractivity contribution < 1.29 is 8.78 Å². The van der Waals surface area contributed by atoms with Crippen molar-refractivity contribution in [3.63, 3.8) is 0 Å². The van der Waals surface area contributed by atoms with Gasteiger partial charge in [0.15, 0.2) is 23.3 Å². The van der Waals surface area contributed by atoms with Gasteiger partial charge in [-0.2, -0.15) is 0 Å². The summed E-state index contributed by atoms with van der Waals surface area (Å²) in [5.41, 5.74) is 5.30. The summed E-state index contributed by atoms with van der Waals surface area (Å²) < 4.78 is 26.3. The number of nitrogens with one attached hydrogen (secondary N) is 1. The fraction of sp³-hybridized carbons (Fsp3) is 0.545. The summed E-state index contributed by atoms with van der Waals surface area (Å²) in [6.07, 6.45) is 2.21. The number of anilines is 2. The lowest BCUT2D eigenvalue weighted by Crippen LogP contribution is -2.32. The molecule has 1 fully saturated rings. The van der Waals surface area contributed by atoms with Crippen molar-refractivity contribution in [2.75, 3.05) is 31.2 Å². The topological polar surface area (TPSA) is 54.2 Å². The first-order valence-electron chi connectivity index (χ1n) is 5.63. The highest BCUT2D eigenvalue weighted by Crippen LogP contribution is 2.19. The van der Waals surface area contributed by atoms with E-state index in [9.17, 15) is 8.78 Å². The van der Waals surface area contributed by atoms with Crippen LogP contribution in [-0.2, 0) is 0 Å². The van der Waals surface area contributed by atoms with Crippen LogP contribution in [0.25, 0.3) is 0 Å². The SMILES string of the molecule is CN1CCCC1CNc1nc(N)c(F)cc1F. The van der Waals surface area contributed by atoms with Gasteiger partial charge in [0, 0.05) is 18.7 Å². The lowest BCUT2D eigenvalue weighted by atomic mass is 10.2. The third kappa shape index (κ3) is 2.63. The minimum atomic E-state index is -0.828. The number of nitrogens with two attached hydrogens (primary N) is 1. The first-order chi connectivity index (χ1) is 8.08. The maximum Gasteiger partial charge on any atom is 0.168 e. The Labute approximate surface area is 98.8 Å². The quantitative estimate of drug-likeness (QED) is 0.842. The number of halogens is 2. The van der Waals surface area contributed by atoms with Crippen molar-refractivity contribution in [1.29, 1.82) is 0 Å². The van der Waals surface area contributed by atoms with Gasteiger partial charge in [-0.15, -0.1) is 0 Å². The molecule has 0 aliphatic carbocycles. The number of nitrogen functional groups attached to an aromatic ring is 1. The first-order valence-corrected chi connectivity index (χ1v) is 5.63. The van der Waals surface area contributed by atoms with E-state index in [0.29, 0.717) is 12.6 Å². The minimum Gasteiger partial charge on any atom is -0.381 e. The molecule has 4 nitrogen and oxygen atoms in total. The summed E-state index contributed by atoms with van der Waals surface area (Å²) in [4.78, 5) is 5.86. The number of pyridine rings is 1. The van der Waals surface area contributed by atoms with Gasteiger partial charge in [-0.3, -0.25) is 0 Å². The molecule has 0 spiro atoms. The van der Waals surface area contributed by atoms with Gasteiger partial charge in [-0.05, 0) is 26.4 Å². The zero-order valence-electron chi connectivity index (χ0n) is 9.71. The molecule has 17 heavy (non-hydrogen) atoms. The average molecular weight is 242 g/mol. The summed E-state index contributed by atoms with van der Waals surface area (Å²) >= 11 is 0.